The van der Waals surface area contributed by atoms with E-state index in [0.717, 1.165) is 4.31 Å². The topological polar surface area (TPSA) is 94.9 Å². The Morgan fingerprint density at radius 2 is 1.89 bits per heavy atom. The molecule has 0 amide bonds. The van der Waals surface area contributed by atoms with Gasteiger partial charge in [-0.15, -0.1) is 0 Å². The highest BCUT2D eigenvalue weighted by Crippen LogP contribution is 2.16. The molecule has 0 aliphatic heterocycles. The minimum atomic E-state index is -3.78. The van der Waals surface area contributed by atoms with E-state index >= 15 is 0 Å². The second kappa shape index (κ2) is 6.65. The molecule has 0 aliphatic carbocycles. The summed E-state index contributed by atoms with van der Waals surface area (Å²) in [6.07, 6.45) is -1.18. The Morgan fingerprint density at radius 1 is 1.32 bits per heavy atom. The monoisotopic (exact) mass is 287 g/mol. The van der Waals surface area contributed by atoms with Crippen LogP contribution in [-0.2, 0) is 14.8 Å². The Bertz CT molecular complexity index is 512. The van der Waals surface area contributed by atoms with E-state index in [4.69, 9.17) is 5.11 Å². The van der Waals surface area contributed by atoms with Gasteiger partial charge in [-0.25, -0.2) is 8.42 Å². The maximum Gasteiger partial charge on any atom is 0.304 e. The van der Waals surface area contributed by atoms with Crippen molar-refractivity contribution in [1.29, 1.82) is 0 Å². The fourth-order valence-electron chi connectivity index (χ4n) is 1.57. The summed E-state index contributed by atoms with van der Waals surface area (Å²) in [7, 11) is -3.78. The molecule has 0 bridgehead atoms. The SMILES string of the molecule is CC(O)CN(CCC(=O)O)S(=O)(=O)c1ccccc1. The first-order valence-electron chi connectivity index (χ1n) is 5.79. The lowest BCUT2D eigenvalue weighted by molar-refractivity contribution is -0.137. The molecule has 0 aliphatic rings. The highest BCUT2D eigenvalue weighted by Gasteiger charge is 2.25. The van der Waals surface area contributed by atoms with Crippen LogP contribution in [0.2, 0.25) is 0 Å². The molecule has 1 unspecified atom stereocenters. The lowest BCUT2D eigenvalue weighted by atomic mass is 10.4. The Kier molecular flexibility index (Phi) is 5.46. The third-order valence-electron chi connectivity index (χ3n) is 2.42. The van der Waals surface area contributed by atoms with Gasteiger partial charge in [0.25, 0.3) is 0 Å². The Balaban J connectivity index is 2.98. The molecule has 0 fully saturated rings. The Hall–Kier alpha value is -1.44. The zero-order chi connectivity index (χ0) is 14.5. The quantitative estimate of drug-likeness (QED) is 0.763. The second-order valence-electron chi connectivity index (χ2n) is 4.17. The molecular weight excluding hydrogens is 270 g/mol. The van der Waals surface area contributed by atoms with Gasteiger partial charge in [0.05, 0.1) is 17.4 Å². The first-order chi connectivity index (χ1) is 8.84. The largest absolute Gasteiger partial charge is 0.481 e. The van der Waals surface area contributed by atoms with Crippen LogP contribution < -0.4 is 0 Å². The van der Waals surface area contributed by atoms with Crippen LogP contribution in [0.1, 0.15) is 13.3 Å². The molecule has 6 nitrogen and oxygen atoms in total. The van der Waals surface area contributed by atoms with Crippen LogP contribution >= 0.6 is 0 Å². The zero-order valence-corrected chi connectivity index (χ0v) is 11.4. The fourth-order valence-corrected chi connectivity index (χ4v) is 3.11. The molecule has 19 heavy (non-hydrogen) atoms. The molecule has 1 rings (SSSR count). The molecule has 1 aromatic rings. The number of nitrogens with zero attached hydrogens (tertiary/aromatic N) is 1. The van der Waals surface area contributed by atoms with Crippen LogP contribution in [0.15, 0.2) is 35.2 Å². The molecule has 0 spiro atoms. The van der Waals surface area contributed by atoms with Crippen LogP contribution in [-0.4, -0.2) is 48.1 Å². The summed E-state index contributed by atoms with van der Waals surface area (Å²) in [5.74, 6) is -1.08. The smallest absolute Gasteiger partial charge is 0.304 e. The number of rotatable bonds is 7. The summed E-state index contributed by atoms with van der Waals surface area (Å²) in [5.41, 5.74) is 0. The number of hydrogen-bond donors (Lipinski definition) is 2. The molecule has 0 aromatic heterocycles. The van der Waals surface area contributed by atoms with Crippen molar-refractivity contribution in [3.05, 3.63) is 30.3 Å². The number of aliphatic hydroxyl groups is 1. The number of carboxylic acid groups (broad SMARTS) is 1. The van der Waals surface area contributed by atoms with Gasteiger partial charge in [-0.2, -0.15) is 4.31 Å². The third-order valence-corrected chi connectivity index (χ3v) is 4.30. The average molecular weight is 287 g/mol. The molecule has 106 valence electrons. The summed E-state index contributed by atoms with van der Waals surface area (Å²) < 4.78 is 25.6. The Labute approximate surface area is 112 Å². The predicted octanol–water partition coefficient (Wildman–Crippen LogP) is 0.533. The number of carbonyl (C=O) groups is 1. The van der Waals surface area contributed by atoms with Crippen molar-refractivity contribution in [2.75, 3.05) is 13.1 Å². The number of aliphatic hydroxyl groups excluding tert-OH is 1. The predicted molar refractivity (Wildman–Crippen MR) is 69.1 cm³/mol. The lowest BCUT2D eigenvalue weighted by Gasteiger charge is -2.22. The minimum Gasteiger partial charge on any atom is -0.481 e. The highest BCUT2D eigenvalue weighted by molar-refractivity contribution is 7.89. The van der Waals surface area contributed by atoms with E-state index in [2.05, 4.69) is 0 Å². The van der Waals surface area contributed by atoms with Crippen molar-refractivity contribution in [2.24, 2.45) is 0 Å². The number of hydrogen-bond acceptors (Lipinski definition) is 4. The van der Waals surface area contributed by atoms with Gasteiger partial charge in [-0.3, -0.25) is 4.79 Å². The number of sulfonamides is 1. The van der Waals surface area contributed by atoms with Crippen LogP contribution in [0.3, 0.4) is 0 Å². The minimum absolute atomic E-state index is 0.0843. The van der Waals surface area contributed by atoms with Crippen LogP contribution in [0.25, 0.3) is 0 Å². The van der Waals surface area contributed by atoms with Crippen molar-refractivity contribution < 1.29 is 23.4 Å². The molecular formula is C12H17NO5S. The lowest BCUT2D eigenvalue weighted by Crippen LogP contribution is -2.38. The van der Waals surface area contributed by atoms with Crippen molar-refractivity contribution in [3.8, 4) is 0 Å². The summed E-state index contributed by atoms with van der Waals surface area (Å²) in [5, 5.41) is 18.0. The van der Waals surface area contributed by atoms with E-state index in [1.54, 1.807) is 18.2 Å². The Morgan fingerprint density at radius 3 is 2.37 bits per heavy atom. The van der Waals surface area contributed by atoms with Crippen molar-refractivity contribution in [1.82, 2.24) is 4.31 Å². The first-order valence-corrected chi connectivity index (χ1v) is 7.23. The standard InChI is InChI=1S/C12H17NO5S/c1-10(14)9-13(8-7-12(15)16)19(17,18)11-5-3-2-4-6-11/h2-6,10,14H,7-9H2,1H3,(H,15,16). The molecule has 7 heteroatoms. The number of carboxylic acids is 1. The third kappa shape index (κ3) is 4.62. The van der Waals surface area contributed by atoms with Gasteiger partial charge in [0.2, 0.25) is 10.0 Å². The molecule has 0 heterocycles. The van der Waals surface area contributed by atoms with Gasteiger partial charge < -0.3 is 10.2 Å². The van der Waals surface area contributed by atoms with Crippen LogP contribution in [0.4, 0.5) is 0 Å². The van der Waals surface area contributed by atoms with E-state index in [1.807, 2.05) is 0 Å². The fraction of sp³-hybridized carbons (Fsp3) is 0.417. The van der Waals surface area contributed by atoms with Crippen molar-refractivity contribution >= 4 is 16.0 Å². The maximum absolute atomic E-state index is 12.3. The molecule has 1 aromatic carbocycles. The summed E-state index contributed by atoms with van der Waals surface area (Å²) in [6, 6.07) is 7.74. The zero-order valence-electron chi connectivity index (χ0n) is 10.6. The van der Waals surface area contributed by atoms with Gasteiger partial charge in [-0.1, -0.05) is 18.2 Å². The first kappa shape index (κ1) is 15.6. The van der Waals surface area contributed by atoms with Gasteiger partial charge in [0.15, 0.2) is 0 Å². The van der Waals surface area contributed by atoms with Gasteiger partial charge in [-0.05, 0) is 19.1 Å². The van der Waals surface area contributed by atoms with Gasteiger partial charge in [0, 0.05) is 13.1 Å². The summed E-state index contributed by atoms with van der Waals surface area (Å²) in [6.45, 7) is 1.15. The molecule has 0 saturated heterocycles. The van der Waals surface area contributed by atoms with Crippen molar-refractivity contribution in [2.45, 2.75) is 24.3 Å². The number of benzene rings is 1. The van der Waals surface area contributed by atoms with Gasteiger partial charge in [0.1, 0.15) is 0 Å². The van der Waals surface area contributed by atoms with E-state index < -0.39 is 22.1 Å². The van der Waals surface area contributed by atoms with E-state index in [9.17, 15) is 18.3 Å². The van der Waals surface area contributed by atoms with E-state index in [1.165, 1.54) is 19.1 Å². The second-order valence-corrected chi connectivity index (χ2v) is 6.11. The summed E-state index contributed by atoms with van der Waals surface area (Å²) >= 11 is 0. The molecule has 0 radical (unpaired) electrons. The molecule has 2 N–H and O–H groups in total. The number of aliphatic carboxylic acids is 1. The molecule has 1 atom stereocenters. The van der Waals surface area contributed by atoms with Crippen LogP contribution in [0, 0.1) is 0 Å². The van der Waals surface area contributed by atoms with E-state index in [0.29, 0.717) is 0 Å². The van der Waals surface area contributed by atoms with E-state index in [-0.39, 0.29) is 24.4 Å². The summed E-state index contributed by atoms with van der Waals surface area (Å²) in [4.78, 5) is 10.7. The van der Waals surface area contributed by atoms with Gasteiger partial charge >= 0.3 is 5.97 Å². The highest BCUT2D eigenvalue weighted by atomic mass is 32.2. The van der Waals surface area contributed by atoms with Crippen LogP contribution in [0.5, 0.6) is 0 Å². The average Bonchev–Trinajstić information content (AvgIpc) is 2.34. The van der Waals surface area contributed by atoms with Crippen molar-refractivity contribution in [3.63, 3.8) is 0 Å². The maximum atomic E-state index is 12.3. The normalized spacial score (nSPS) is 13.4. The molecule has 0 saturated carbocycles.